The van der Waals surface area contributed by atoms with Gasteiger partial charge in [0, 0.05) is 6.42 Å². The van der Waals surface area contributed by atoms with Gasteiger partial charge in [-0.05, 0) is 19.3 Å². The predicted molar refractivity (Wildman–Crippen MR) is 134 cm³/mol. The van der Waals surface area contributed by atoms with Gasteiger partial charge in [0.1, 0.15) is 24.4 Å². The summed E-state index contributed by atoms with van der Waals surface area (Å²) in [6.45, 7) is 3.34. The van der Waals surface area contributed by atoms with Gasteiger partial charge in [0.05, 0.1) is 25.4 Å². The van der Waals surface area contributed by atoms with Gasteiger partial charge in [0.15, 0.2) is 6.29 Å². The second-order valence-electron chi connectivity index (χ2n) is 9.49. The zero-order chi connectivity index (χ0) is 26.1. The van der Waals surface area contributed by atoms with Crippen molar-refractivity contribution in [1.82, 2.24) is 5.32 Å². The highest BCUT2D eigenvalue weighted by atomic mass is 16.7. The zero-order valence-electron chi connectivity index (χ0n) is 21.6. The van der Waals surface area contributed by atoms with Crippen LogP contribution in [-0.2, 0) is 14.3 Å². The average Bonchev–Trinajstić information content (AvgIpc) is 2.84. The number of ether oxygens (including phenoxy) is 2. The highest BCUT2D eigenvalue weighted by molar-refractivity contribution is 5.76. The van der Waals surface area contributed by atoms with Crippen molar-refractivity contribution in [2.45, 2.75) is 134 Å². The third-order valence-corrected chi connectivity index (χ3v) is 6.33. The molecule has 0 aromatic heterocycles. The van der Waals surface area contributed by atoms with Crippen LogP contribution in [0.1, 0.15) is 90.9 Å². The van der Waals surface area contributed by atoms with Crippen molar-refractivity contribution in [3.05, 3.63) is 12.2 Å². The van der Waals surface area contributed by atoms with Gasteiger partial charge in [-0.2, -0.15) is 0 Å². The molecule has 1 heterocycles. The molecule has 1 rings (SSSR count). The largest absolute Gasteiger partial charge is 0.394 e. The molecule has 9 heteroatoms. The van der Waals surface area contributed by atoms with E-state index in [1.165, 1.54) is 44.9 Å². The Labute approximate surface area is 210 Å². The number of amides is 1. The molecule has 9 nitrogen and oxygen atoms in total. The monoisotopic (exact) mass is 503 g/mol. The summed E-state index contributed by atoms with van der Waals surface area (Å²) in [5.74, 6) is -0.235. The van der Waals surface area contributed by atoms with Gasteiger partial charge in [-0.25, -0.2) is 0 Å². The zero-order valence-corrected chi connectivity index (χ0v) is 21.6. The lowest BCUT2D eigenvalue weighted by Gasteiger charge is -2.40. The Kier molecular flexibility index (Phi) is 17.4. The van der Waals surface area contributed by atoms with Crippen molar-refractivity contribution in [2.75, 3.05) is 13.2 Å². The fourth-order valence-electron chi connectivity index (χ4n) is 4.08. The molecular weight excluding hydrogens is 454 g/mol. The minimum absolute atomic E-state index is 0.193. The molecular formula is C26H49NO8. The smallest absolute Gasteiger partial charge is 0.220 e. The molecule has 0 bridgehead atoms. The van der Waals surface area contributed by atoms with E-state index in [4.69, 9.17) is 9.47 Å². The summed E-state index contributed by atoms with van der Waals surface area (Å²) in [5.41, 5.74) is 0. The second kappa shape index (κ2) is 19.1. The van der Waals surface area contributed by atoms with Gasteiger partial charge >= 0.3 is 0 Å². The SMILES string of the molecule is CCCCCCCCCCC/C=C/C(O)C(COC1OC(CO)C(O)C(O)C1O)NC(=O)CCC. The molecule has 1 saturated heterocycles. The number of carbonyl (C=O) groups is 1. The number of rotatable bonds is 19. The van der Waals surface area contributed by atoms with E-state index in [1.54, 1.807) is 6.08 Å². The number of unbranched alkanes of at least 4 members (excludes halogenated alkanes) is 9. The van der Waals surface area contributed by atoms with E-state index in [0.29, 0.717) is 12.8 Å². The summed E-state index contributed by atoms with van der Waals surface area (Å²) in [7, 11) is 0. The van der Waals surface area contributed by atoms with E-state index < -0.39 is 49.5 Å². The lowest BCUT2D eigenvalue weighted by molar-refractivity contribution is -0.302. The first-order chi connectivity index (χ1) is 16.8. The normalized spacial score (nSPS) is 26.7. The van der Waals surface area contributed by atoms with E-state index in [0.717, 1.165) is 19.3 Å². The third kappa shape index (κ3) is 12.6. The van der Waals surface area contributed by atoms with Crippen molar-refractivity contribution in [3.63, 3.8) is 0 Å². The Balaban J connectivity index is 2.49. The Morgan fingerprint density at radius 2 is 1.57 bits per heavy atom. The van der Waals surface area contributed by atoms with Crippen LogP contribution in [0.15, 0.2) is 12.2 Å². The van der Waals surface area contributed by atoms with Crippen LogP contribution in [-0.4, -0.2) is 87.5 Å². The average molecular weight is 504 g/mol. The van der Waals surface area contributed by atoms with E-state index in [9.17, 15) is 30.3 Å². The van der Waals surface area contributed by atoms with Gasteiger partial charge < -0.3 is 40.3 Å². The van der Waals surface area contributed by atoms with E-state index >= 15 is 0 Å². The predicted octanol–water partition coefficient (Wildman–Crippen LogP) is 1.93. The molecule has 0 aromatic rings. The van der Waals surface area contributed by atoms with Crippen LogP contribution in [0, 0.1) is 0 Å². The molecule has 0 spiro atoms. The number of aliphatic hydroxyl groups is 5. The maximum absolute atomic E-state index is 12.1. The fraction of sp³-hybridized carbons (Fsp3) is 0.885. The van der Waals surface area contributed by atoms with Crippen LogP contribution >= 0.6 is 0 Å². The molecule has 1 aliphatic heterocycles. The molecule has 1 fully saturated rings. The maximum atomic E-state index is 12.1. The fourth-order valence-corrected chi connectivity index (χ4v) is 4.08. The number of hydrogen-bond acceptors (Lipinski definition) is 8. The van der Waals surface area contributed by atoms with Crippen LogP contribution in [0.4, 0.5) is 0 Å². The Morgan fingerprint density at radius 1 is 0.943 bits per heavy atom. The number of allylic oxidation sites excluding steroid dienone is 1. The lowest BCUT2D eigenvalue weighted by Crippen LogP contribution is -2.60. The minimum atomic E-state index is -1.56. The first-order valence-electron chi connectivity index (χ1n) is 13.4. The first-order valence-corrected chi connectivity index (χ1v) is 13.4. The highest BCUT2D eigenvalue weighted by Gasteiger charge is 2.44. The highest BCUT2D eigenvalue weighted by Crippen LogP contribution is 2.22. The lowest BCUT2D eigenvalue weighted by atomic mass is 9.99. The van der Waals surface area contributed by atoms with Crippen LogP contribution in [0.2, 0.25) is 0 Å². The van der Waals surface area contributed by atoms with Crippen molar-refractivity contribution >= 4 is 5.91 Å². The molecule has 1 amide bonds. The van der Waals surface area contributed by atoms with Crippen LogP contribution in [0.25, 0.3) is 0 Å². The van der Waals surface area contributed by atoms with Crippen LogP contribution in [0.3, 0.4) is 0 Å². The molecule has 7 unspecified atom stereocenters. The summed E-state index contributed by atoms with van der Waals surface area (Å²) in [5, 5.41) is 52.7. The summed E-state index contributed by atoms with van der Waals surface area (Å²) < 4.78 is 10.9. The summed E-state index contributed by atoms with van der Waals surface area (Å²) in [6.07, 6.45) is 8.48. The van der Waals surface area contributed by atoms with Crippen molar-refractivity contribution in [2.24, 2.45) is 0 Å². The minimum Gasteiger partial charge on any atom is -0.394 e. The molecule has 35 heavy (non-hydrogen) atoms. The number of aliphatic hydroxyl groups excluding tert-OH is 5. The molecule has 7 atom stereocenters. The topological polar surface area (TPSA) is 149 Å². The summed E-state index contributed by atoms with van der Waals surface area (Å²) >= 11 is 0. The van der Waals surface area contributed by atoms with Crippen LogP contribution in [0.5, 0.6) is 0 Å². The molecule has 0 saturated carbocycles. The molecule has 0 aromatic carbocycles. The van der Waals surface area contributed by atoms with Gasteiger partial charge in [-0.1, -0.05) is 77.4 Å². The van der Waals surface area contributed by atoms with Crippen molar-refractivity contribution < 1.29 is 39.8 Å². The molecule has 1 aliphatic rings. The third-order valence-electron chi connectivity index (χ3n) is 6.33. The quantitative estimate of drug-likeness (QED) is 0.116. The van der Waals surface area contributed by atoms with Crippen LogP contribution < -0.4 is 5.32 Å². The second-order valence-corrected chi connectivity index (χ2v) is 9.49. The van der Waals surface area contributed by atoms with E-state index in [1.807, 2.05) is 13.0 Å². The maximum Gasteiger partial charge on any atom is 0.220 e. The number of nitrogens with one attached hydrogen (secondary N) is 1. The Morgan fingerprint density at radius 3 is 2.17 bits per heavy atom. The molecule has 0 aliphatic carbocycles. The van der Waals surface area contributed by atoms with Crippen molar-refractivity contribution in [3.8, 4) is 0 Å². The Hall–Kier alpha value is -1.07. The van der Waals surface area contributed by atoms with Gasteiger partial charge in [-0.3, -0.25) is 4.79 Å². The van der Waals surface area contributed by atoms with Gasteiger partial charge in [0.25, 0.3) is 0 Å². The Bertz CT molecular complexity index is 574. The first kappa shape index (κ1) is 32.0. The number of hydrogen-bond donors (Lipinski definition) is 6. The molecule has 206 valence electrons. The number of carbonyl (C=O) groups excluding carboxylic acids is 1. The van der Waals surface area contributed by atoms with E-state index in [2.05, 4.69) is 12.2 Å². The van der Waals surface area contributed by atoms with Crippen molar-refractivity contribution in [1.29, 1.82) is 0 Å². The van der Waals surface area contributed by atoms with Gasteiger partial charge in [0.2, 0.25) is 5.91 Å². The van der Waals surface area contributed by atoms with E-state index in [-0.39, 0.29) is 12.5 Å². The molecule has 6 N–H and O–H groups in total. The summed E-state index contributed by atoms with van der Waals surface area (Å²) in [6, 6.07) is -0.791. The van der Waals surface area contributed by atoms with Gasteiger partial charge in [-0.15, -0.1) is 0 Å². The standard InChI is InChI=1S/C26H49NO8/c1-3-5-6-7-8-9-10-11-12-13-14-16-20(29)19(27-22(30)15-4-2)18-34-26-25(33)24(32)23(31)21(17-28)35-26/h14,16,19-21,23-26,28-29,31-33H,3-13,15,17-18H2,1-2H3,(H,27,30)/b16-14+. The molecule has 0 radical (unpaired) electrons. The summed E-state index contributed by atoms with van der Waals surface area (Å²) in [4.78, 5) is 12.1.